The summed E-state index contributed by atoms with van der Waals surface area (Å²) in [4.78, 5) is 10.6. The highest BCUT2D eigenvalue weighted by atomic mass is 32.2. The molecule has 1 rings (SSSR count). The first kappa shape index (κ1) is 10.9. The predicted molar refractivity (Wildman–Crippen MR) is 61.2 cm³/mol. The van der Waals surface area contributed by atoms with Crippen LogP contribution in [0, 0.1) is 18.8 Å². The van der Waals surface area contributed by atoms with E-state index in [9.17, 15) is 4.79 Å². The van der Waals surface area contributed by atoms with Crippen molar-refractivity contribution >= 4 is 16.9 Å². The fourth-order valence-electron chi connectivity index (χ4n) is 0.999. The molecule has 0 fully saturated rings. The van der Waals surface area contributed by atoms with Crippen LogP contribution in [0.1, 0.15) is 18.1 Å². The van der Waals surface area contributed by atoms with Crippen LogP contribution in [0.2, 0.25) is 0 Å². The van der Waals surface area contributed by atoms with Crippen LogP contribution in [-0.4, -0.2) is 10.9 Å². The van der Waals surface area contributed by atoms with Crippen LogP contribution in [0.15, 0.2) is 24.3 Å². The van der Waals surface area contributed by atoms with Gasteiger partial charge in [-0.2, -0.15) is 0 Å². The fourth-order valence-corrected chi connectivity index (χ4v) is 1.35. The van der Waals surface area contributed by atoms with Gasteiger partial charge in [0.1, 0.15) is 0 Å². The summed E-state index contributed by atoms with van der Waals surface area (Å²) in [6.07, 6.45) is 0. The number of thioether (sulfide) groups is 1. The highest BCUT2D eigenvalue weighted by Gasteiger charge is 1.89. The molecular formula is C12H12OS. The van der Waals surface area contributed by atoms with Gasteiger partial charge < -0.3 is 0 Å². The molecule has 0 aliphatic heterocycles. The lowest BCUT2D eigenvalue weighted by Crippen LogP contribution is -1.82. The molecule has 0 spiro atoms. The fraction of sp³-hybridized carbons (Fsp3) is 0.250. The molecule has 0 heterocycles. The maximum atomic E-state index is 10.6. The van der Waals surface area contributed by atoms with E-state index in [0.29, 0.717) is 5.75 Å². The average molecular weight is 204 g/mol. The first-order valence-electron chi connectivity index (χ1n) is 4.37. The molecule has 0 saturated heterocycles. The first-order chi connectivity index (χ1) is 6.68. The average Bonchev–Trinajstić information content (AvgIpc) is 2.12. The lowest BCUT2D eigenvalue weighted by atomic mass is 10.1. The molecule has 0 aliphatic carbocycles. The van der Waals surface area contributed by atoms with Gasteiger partial charge >= 0.3 is 0 Å². The minimum Gasteiger partial charge on any atom is -0.288 e. The third kappa shape index (κ3) is 4.15. The van der Waals surface area contributed by atoms with Crippen molar-refractivity contribution < 1.29 is 4.79 Å². The Kier molecular flexibility index (Phi) is 4.28. The number of aryl methyl sites for hydroxylation is 1. The van der Waals surface area contributed by atoms with E-state index in [2.05, 4.69) is 11.8 Å². The second-order valence-electron chi connectivity index (χ2n) is 2.95. The molecule has 1 aromatic carbocycles. The molecular weight excluding hydrogens is 192 g/mol. The summed E-state index contributed by atoms with van der Waals surface area (Å²) in [5.41, 5.74) is 2.21. The van der Waals surface area contributed by atoms with E-state index in [1.165, 1.54) is 17.3 Å². The number of rotatable bonds is 1. The third-order valence-electron chi connectivity index (χ3n) is 1.60. The molecule has 0 N–H and O–H groups in total. The summed E-state index contributed by atoms with van der Waals surface area (Å²) >= 11 is 1.24. The maximum Gasteiger partial charge on any atom is 0.186 e. The molecule has 14 heavy (non-hydrogen) atoms. The minimum absolute atomic E-state index is 0.114. The Labute approximate surface area is 88.9 Å². The topological polar surface area (TPSA) is 17.1 Å². The van der Waals surface area contributed by atoms with Gasteiger partial charge in [0.2, 0.25) is 0 Å². The van der Waals surface area contributed by atoms with Crippen LogP contribution in [0.3, 0.4) is 0 Å². The summed E-state index contributed by atoms with van der Waals surface area (Å²) in [6, 6.07) is 8.02. The van der Waals surface area contributed by atoms with E-state index in [1.807, 2.05) is 31.2 Å². The summed E-state index contributed by atoms with van der Waals surface area (Å²) in [5, 5.41) is 0.114. The van der Waals surface area contributed by atoms with Gasteiger partial charge in [-0.15, -0.1) is 0 Å². The van der Waals surface area contributed by atoms with Crippen molar-refractivity contribution in [2.45, 2.75) is 13.8 Å². The van der Waals surface area contributed by atoms with E-state index in [-0.39, 0.29) is 5.12 Å². The van der Waals surface area contributed by atoms with Crippen LogP contribution in [0.4, 0.5) is 0 Å². The Bertz CT molecular complexity index is 385. The first-order valence-corrected chi connectivity index (χ1v) is 5.36. The second-order valence-corrected chi connectivity index (χ2v) is 4.10. The summed E-state index contributed by atoms with van der Waals surface area (Å²) in [6.45, 7) is 3.59. The van der Waals surface area contributed by atoms with E-state index >= 15 is 0 Å². The van der Waals surface area contributed by atoms with E-state index in [1.54, 1.807) is 6.92 Å². The molecule has 1 nitrogen and oxygen atoms in total. The van der Waals surface area contributed by atoms with E-state index in [0.717, 1.165) is 5.56 Å². The van der Waals surface area contributed by atoms with Gasteiger partial charge in [0.25, 0.3) is 0 Å². The maximum absolute atomic E-state index is 10.6. The molecule has 0 aromatic heterocycles. The minimum atomic E-state index is 0.114. The zero-order valence-corrected chi connectivity index (χ0v) is 9.15. The van der Waals surface area contributed by atoms with Gasteiger partial charge in [-0.3, -0.25) is 4.79 Å². The van der Waals surface area contributed by atoms with Gasteiger partial charge in [0, 0.05) is 12.5 Å². The van der Waals surface area contributed by atoms with Crippen molar-refractivity contribution in [2.24, 2.45) is 0 Å². The molecule has 72 valence electrons. The lowest BCUT2D eigenvalue weighted by Gasteiger charge is -1.92. The normalized spacial score (nSPS) is 9.00. The third-order valence-corrected chi connectivity index (χ3v) is 2.29. The molecule has 1 aromatic rings. The standard InChI is InChI=1S/C12H12OS/c1-10-5-3-6-12(9-10)7-4-8-14-11(2)13/h3,5-6,9H,8H2,1-2H3. The molecule has 0 atom stereocenters. The monoisotopic (exact) mass is 204 g/mol. The number of hydrogen-bond acceptors (Lipinski definition) is 2. The van der Waals surface area contributed by atoms with Gasteiger partial charge in [-0.05, 0) is 24.6 Å². The van der Waals surface area contributed by atoms with Crippen molar-refractivity contribution in [3.05, 3.63) is 35.4 Å². The zero-order chi connectivity index (χ0) is 10.4. The summed E-state index contributed by atoms with van der Waals surface area (Å²) < 4.78 is 0. The molecule has 2 heteroatoms. The van der Waals surface area contributed by atoms with E-state index < -0.39 is 0 Å². The summed E-state index contributed by atoms with van der Waals surface area (Å²) in [7, 11) is 0. The predicted octanol–water partition coefficient (Wildman–Crippen LogP) is 2.63. The Balaban J connectivity index is 2.55. The molecule has 0 saturated carbocycles. The van der Waals surface area contributed by atoms with Crippen LogP contribution in [0.5, 0.6) is 0 Å². The Morgan fingerprint density at radius 3 is 2.93 bits per heavy atom. The van der Waals surface area contributed by atoms with Crippen molar-refractivity contribution in [3.8, 4) is 11.8 Å². The molecule has 0 aliphatic rings. The van der Waals surface area contributed by atoms with Crippen molar-refractivity contribution in [2.75, 3.05) is 5.75 Å². The lowest BCUT2D eigenvalue weighted by molar-refractivity contribution is -0.109. The second kappa shape index (κ2) is 5.51. The highest BCUT2D eigenvalue weighted by molar-refractivity contribution is 8.13. The number of benzene rings is 1. The van der Waals surface area contributed by atoms with Crippen LogP contribution < -0.4 is 0 Å². The van der Waals surface area contributed by atoms with Crippen molar-refractivity contribution in [1.29, 1.82) is 0 Å². The van der Waals surface area contributed by atoms with Crippen LogP contribution in [-0.2, 0) is 4.79 Å². The number of carbonyl (C=O) groups is 1. The van der Waals surface area contributed by atoms with Gasteiger partial charge in [0.05, 0.1) is 5.75 Å². The molecule has 0 unspecified atom stereocenters. The van der Waals surface area contributed by atoms with Crippen LogP contribution >= 0.6 is 11.8 Å². The van der Waals surface area contributed by atoms with Crippen LogP contribution in [0.25, 0.3) is 0 Å². The smallest absolute Gasteiger partial charge is 0.186 e. The number of carbonyl (C=O) groups excluding carboxylic acids is 1. The Hall–Kier alpha value is -1.20. The zero-order valence-electron chi connectivity index (χ0n) is 8.33. The van der Waals surface area contributed by atoms with E-state index in [4.69, 9.17) is 0 Å². The van der Waals surface area contributed by atoms with Gasteiger partial charge in [0.15, 0.2) is 5.12 Å². The Morgan fingerprint density at radius 2 is 2.29 bits per heavy atom. The quantitative estimate of drug-likeness (QED) is 0.654. The number of hydrogen-bond donors (Lipinski definition) is 0. The van der Waals surface area contributed by atoms with Gasteiger partial charge in [-0.25, -0.2) is 0 Å². The van der Waals surface area contributed by atoms with Crippen molar-refractivity contribution in [1.82, 2.24) is 0 Å². The highest BCUT2D eigenvalue weighted by Crippen LogP contribution is 2.02. The van der Waals surface area contributed by atoms with Crippen molar-refractivity contribution in [3.63, 3.8) is 0 Å². The molecule has 0 amide bonds. The summed E-state index contributed by atoms with van der Waals surface area (Å²) in [5.74, 6) is 6.54. The SMILES string of the molecule is CC(=O)SCC#Cc1cccc(C)c1. The molecule has 0 radical (unpaired) electrons. The largest absolute Gasteiger partial charge is 0.288 e. The molecule has 0 bridgehead atoms. The Morgan fingerprint density at radius 1 is 1.50 bits per heavy atom. The van der Waals surface area contributed by atoms with Gasteiger partial charge in [-0.1, -0.05) is 35.7 Å².